The van der Waals surface area contributed by atoms with E-state index in [2.05, 4.69) is 22.0 Å². The summed E-state index contributed by atoms with van der Waals surface area (Å²) in [6.45, 7) is 4.25. The lowest BCUT2D eigenvalue weighted by molar-refractivity contribution is -0.117. The summed E-state index contributed by atoms with van der Waals surface area (Å²) < 4.78 is 35.2. The van der Waals surface area contributed by atoms with Gasteiger partial charge in [0.2, 0.25) is 11.8 Å². The Balaban J connectivity index is 0.000000283. The van der Waals surface area contributed by atoms with Crippen LogP contribution in [0.15, 0.2) is 120 Å². The van der Waals surface area contributed by atoms with E-state index in [1.54, 1.807) is 64.5 Å². The lowest BCUT2D eigenvalue weighted by Gasteiger charge is -2.28. The minimum Gasteiger partial charge on any atom is -0.378 e. The standard InChI is InChI=1S/C34H29N5O4S.C11H10N2O/c35-23-26-21-25(10-13-31(26)38-16-4-7-33(38)40)29-14-15-36-34-30(29)22-32(39(34)44(41,42)28-5-2-1-3-6-28)24-8-11-27(12-9-24)37-17-19-43-20-18-37;12-8-9-4-1-2-5-10(9)13-7-3-6-11(13)14/h1-3,5-6,8-15,21-22H,4,7,16-20H2;1-2,4-5H,3,6-7H2. The fraction of sp³-hybridized carbons (Fsp3) is 0.222. The van der Waals surface area contributed by atoms with E-state index in [0.717, 1.165) is 60.5 Å². The Morgan fingerprint density at radius 1 is 0.655 bits per heavy atom. The zero-order valence-corrected chi connectivity index (χ0v) is 32.4. The van der Waals surface area contributed by atoms with Crippen molar-refractivity contribution in [3.05, 3.63) is 127 Å². The van der Waals surface area contributed by atoms with E-state index in [0.29, 0.717) is 60.5 Å². The van der Waals surface area contributed by atoms with Crippen molar-refractivity contribution < 1.29 is 22.7 Å². The number of nitriles is 2. The molecular formula is C45H39N7O5S. The van der Waals surface area contributed by atoms with Gasteiger partial charge in [0.05, 0.1) is 46.3 Å². The number of rotatable bonds is 7. The molecule has 0 saturated carbocycles. The van der Waals surface area contributed by atoms with Crippen LogP contribution < -0.4 is 14.7 Å². The lowest BCUT2D eigenvalue weighted by Crippen LogP contribution is -2.36. The largest absolute Gasteiger partial charge is 0.378 e. The molecule has 0 N–H and O–H groups in total. The number of nitrogens with zero attached hydrogens (tertiary/aromatic N) is 7. The molecule has 2 aromatic heterocycles. The molecule has 0 bridgehead atoms. The molecular weight excluding hydrogens is 751 g/mol. The zero-order chi connectivity index (χ0) is 40.2. The van der Waals surface area contributed by atoms with Gasteiger partial charge in [0, 0.05) is 56.3 Å². The Hall–Kier alpha value is -6.80. The molecule has 3 fully saturated rings. The number of amides is 2. The molecule has 5 heterocycles. The number of aromatic nitrogens is 2. The molecule has 13 heteroatoms. The topological polar surface area (TPSA) is 153 Å². The Morgan fingerprint density at radius 2 is 1.28 bits per heavy atom. The van der Waals surface area contributed by atoms with Crippen LogP contribution in [0.1, 0.15) is 36.8 Å². The quantitative estimate of drug-likeness (QED) is 0.165. The molecule has 6 aromatic rings. The van der Waals surface area contributed by atoms with Crippen LogP contribution in [0.5, 0.6) is 0 Å². The first-order valence-electron chi connectivity index (χ1n) is 19.2. The van der Waals surface area contributed by atoms with Crippen LogP contribution in [-0.2, 0) is 24.3 Å². The number of ether oxygens (including phenoxy) is 1. The molecule has 2 amide bonds. The number of hydrogen-bond donors (Lipinski definition) is 0. The van der Waals surface area contributed by atoms with Crippen LogP contribution in [0.2, 0.25) is 0 Å². The van der Waals surface area contributed by atoms with Crippen LogP contribution in [0.4, 0.5) is 17.1 Å². The molecule has 0 spiro atoms. The number of para-hydroxylation sites is 1. The molecule has 290 valence electrons. The number of carbonyl (C=O) groups is 2. The van der Waals surface area contributed by atoms with Gasteiger partial charge in [-0.05, 0) is 90.2 Å². The first-order chi connectivity index (χ1) is 28.3. The van der Waals surface area contributed by atoms with Gasteiger partial charge in [-0.3, -0.25) is 9.59 Å². The van der Waals surface area contributed by atoms with Crippen molar-refractivity contribution in [2.45, 2.75) is 30.6 Å². The monoisotopic (exact) mass is 789 g/mol. The Kier molecular flexibility index (Phi) is 10.7. The van der Waals surface area contributed by atoms with Crippen molar-refractivity contribution in [3.8, 4) is 34.5 Å². The molecule has 12 nitrogen and oxygen atoms in total. The normalized spacial score (nSPS) is 15.6. The van der Waals surface area contributed by atoms with Crippen LogP contribution >= 0.6 is 0 Å². The maximum atomic E-state index is 14.2. The first-order valence-corrected chi connectivity index (χ1v) is 20.6. The van der Waals surface area contributed by atoms with Crippen LogP contribution in [0, 0.1) is 22.7 Å². The summed E-state index contributed by atoms with van der Waals surface area (Å²) in [5, 5.41) is 19.5. The molecule has 0 atom stereocenters. The molecule has 0 aliphatic carbocycles. The lowest BCUT2D eigenvalue weighted by atomic mass is 10.00. The Labute approximate surface area is 336 Å². The van der Waals surface area contributed by atoms with E-state index in [9.17, 15) is 23.3 Å². The van der Waals surface area contributed by atoms with E-state index in [4.69, 9.17) is 10.00 Å². The second kappa shape index (κ2) is 16.4. The molecule has 3 aliphatic rings. The summed E-state index contributed by atoms with van der Waals surface area (Å²) in [7, 11) is -4.04. The van der Waals surface area contributed by atoms with Crippen LogP contribution in [-0.4, -0.2) is 68.6 Å². The summed E-state index contributed by atoms with van der Waals surface area (Å²) >= 11 is 0. The van der Waals surface area contributed by atoms with Crippen molar-refractivity contribution in [2.75, 3.05) is 54.1 Å². The number of hydrogen-bond acceptors (Lipinski definition) is 9. The molecule has 3 saturated heterocycles. The maximum absolute atomic E-state index is 14.2. The van der Waals surface area contributed by atoms with Crippen LogP contribution in [0.3, 0.4) is 0 Å². The molecule has 58 heavy (non-hydrogen) atoms. The second-order valence-corrected chi connectivity index (χ2v) is 15.9. The van der Waals surface area contributed by atoms with Gasteiger partial charge >= 0.3 is 0 Å². The number of morpholine rings is 1. The molecule has 9 rings (SSSR count). The van der Waals surface area contributed by atoms with E-state index in [1.165, 1.54) is 3.97 Å². The fourth-order valence-corrected chi connectivity index (χ4v) is 9.27. The predicted octanol–water partition coefficient (Wildman–Crippen LogP) is 7.13. The second-order valence-electron chi connectivity index (χ2n) is 14.1. The Morgan fingerprint density at radius 3 is 1.91 bits per heavy atom. The van der Waals surface area contributed by atoms with E-state index >= 15 is 0 Å². The summed E-state index contributed by atoms with van der Waals surface area (Å²) in [6, 6.07) is 36.9. The third-order valence-electron chi connectivity index (χ3n) is 10.7. The highest BCUT2D eigenvalue weighted by molar-refractivity contribution is 7.90. The average molecular weight is 790 g/mol. The molecule has 0 unspecified atom stereocenters. The smallest absolute Gasteiger partial charge is 0.269 e. The fourth-order valence-electron chi connectivity index (χ4n) is 7.77. The van der Waals surface area contributed by atoms with Gasteiger partial charge in [0.1, 0.15) is 12.1 Å². The Bertz CT molecular complexity index is 2710. The van der Waals surface area contributed by atoms with E-state index < -0.39 is 10.0 Å². The van der Waals surface area contributed by atoms with E-state index in [1.807, 2.05) is 60.7 Å². The van der Waals surface area contributed by atoms with Gasteiger partial charge < -0.3 is 19.4 Å². The number of fused-ring (bicyclic) bond motifs is 1. The highest BCUT2D eigenvalue weighted by atomic mass is 32.2. The first kappa shape index (κ1) is 38.1. The van der Waals surface area contributed by atoms with Crippen molar-refractivity contribution in [1.82, 2.24) is 8.96 Å². The number of pyridine rings is 1. The average Bonchev–Trinajstić information content (AvgIpc) is 4.02. The molecule has 4 aromatic carbocycles. The molecule has 0 radical (unpaired) electrons. The minimum absolute atomic E-state index is 0.00743. The highest BCUT2D eigenvalue weighted by Gasteiger charge is 2.28. The summed E-state index contributed by atoms with van der Waals surface area (Å²) in [6.07, 6.45) is 4.30. The van der Waals surface area contributed by atoms with Gasteiger partial charge in [-0.1, -0.05) is 48.5 Å². The van der Waals surface area contributed by atoms with Gasteiger partial charge in [-0.2, -0.15) is 10.5 Å². The van der Waals surface area contributed by atoms with Crippen molar-refractivity contribution in [2.24, 2.45) is 0 Å². The minimum atomic E-state index is -4.04. The van der Waals surface area contributed by atoms with Gasteiger partial charge in [-0.15, -0.1) is 0 Å². The van der Waals surface area contributed by atoms with Crippen molar-refractivity contribution in [1.29, 1.82) is 10.5 Å². The third kappa shape index (κ3) is 7.29. The number of anilines is 3. The van der Waals surface area contributed by atoms with Crippen LogP contribution in [0.25, 0.3) is 33.4 Å². The summed E-state index contributed by atoms with van der Waals surface area (Å²) in [5.74, 6) is 0.126. The SMILES string of the molecule is N#Cc1cc(-c2ccnc3c2cc(-c2ccc(N4CCOCC4)cc2)n3S(=O)(=O)c2ccccc2)ccc1N1CCCC1=O.N#Cc1ccccc1N1CCCC1=O. The third-order valence-corrected chi connectivity index (χ3v) is 12.4. The van der Waals surface area contributed by atoms with Crippen molar-refractivity contribution >= 4 is 49.9 Å². The van der Waals surface area contributed by atoms with Gasteiger partial charge in [0.15, 0.2) is 5.65 Å². The predicted molar refractivity (Wildman–Crippen MR) is 222 cm³/mol. The highest BCUT2D eigenvalue weighted by Crippen LogP contribution is 2.38. The summed E-state index contributed by atoms with van der Waals surface area (Å²) in [4.78, 5) is 34.2. The number of carbonyl (C=O) groups excluding carboxylic acids is 2. The zero-order valence-electron chi connectivity index (χ0n) is 31.6. The summed E-state index contributed by atoms with van der Waals surface area (Å²) in [5.41, 5.74) is 6.31. The van der Waals surface area contributed by atoms with Gasteiger partial charge in [0.25, 0.3) is 10.0 Å². The van der Waals surface area contributed by atoms with Crippen molar-refractivity contribution in [3.63, 3.8) is 0 Å². The van der Waals surface area contributed by atoms with Gasteiger partial charge in [-0.25, -0.2) is 17.4 Å². The van der Waals surface area contributed by atoms with E-state index in [-0.39, 0.29) is 22.4 Å². The maximum Gasteiger partial charge on any atom is 0.269 e. The molecule has 3 aliphatic heterocycles. The number of benzene rings is 4.